The van der Waals surface area contributed by atoms with Crippen LogP contribution in [0.3, 0.4) is 0 Å². The SMILES string of the molecule is COC1CC=C(N(C)C)CC1. The van der Waals surface area contributed by atoms with Crippen molar-refractivity contribution in [1.82, 2.24) is 4.90 Å². The minimum Gasteiger partial charge on any atom is -0.381 e. The second kappa shape index (κ2) is 3.77. The highest BCUT2D eigenvalue weighted by atomic mass is 16.5. The summed E-state index contributed by atoms with van der Waals surface area (Å²) in [6.07, 6.45) is 6.13. The Hall–Kier alpha value is -0.500. The summed E-state index contributed by atoms with van der Waals surface area (Å²) in [6.45, 7) is 0. The zero-order valence-corrected chi connectivity index (χ0v) is 7.63. The van der Waals surface area contributed by atoms with Gasteiger partial charge in [-0.25, -0.2) is 0 Å². The largest absolute Gasteiger partial charge is 0.381 e. The maximum absolute atomic E-state index is 5.26. The summed E-state index contributed by atoms with van der Waals surface area (Å²) < 4.78 is 5.26. The number of rotatable bonds is 2. The van der Waals surface area contributed by atoms with Crippen molar-refractivity contribution in [3.63, 3.8) is 0 Å². The lowest BCUT2D eigenvalue weighted by Gasteiger charge is -2.25. The molecular weight excluding hydrogens is 138 g/mol. The van der Waals surface area contributed by atoms with E-state index in [1.807, 2.05) is 0 Å². The average molecular weight is 155 g/mol. The fourth-order valence-corrected chi connectivity index (χ4v) is 1.42. The Morgan fingerprint density at radius 3 is 2.64 bits per heavy atom. The van der Waals surface area contributed by atoms with E-state index in [2.05, 4.69) is 25.1 Å². The molecule has 1 rings (SSSR count). The second-order valence-electron chi connectivity index (χ2n) is 3.22. The van der Waals surface area contributed by atoms with Crippen molar-refractivity contribution in [2.24, 2.45) is 0 Å². The maximum atomic E-state index is 5.26. The lowest BCUT2D eigenvalue weighted by atomic mass is 10.0. The highest BCUT2D eigenvalue weighted by Crippen LogP contribution is 2.20. The highest BCUT2D eigenvalue weighted by molar-refractivity contribution is 5.04. The molecule has 0 bridgehead atoms. The number of nitrogens with zero attached hydrogens (tertiary/aromatic N) is 1. The molecule has 1 aliphatic carbocycles. The smallest absolute Gasteiger partial charge is 0.0610 e. The van der Waals surface area contributed by atoms with Gasteiger partial charge in [-0.2, -0.15) is 0 Å². The lowest BCUT2D eigenvalue weighted by molar-refractivity contribution is 0.0912. The maximum Gasteiger partial charge on any atom is 0.0610 e. The number of hydrogen-bond donors (Lipinski definition) is 0. The molecule has 0 aromatic heterocycles. The van der Waals surface area contributed by atoms with Gasteiger partial charge in [0, 0.05) is 26.9 Å². The van der Waals surface area contributed by atoms with Gasteiger partial charge in [-0.3, -0.25) is 0 Å². The molecule has 11 heavy (non-hydrogen) atoms. The molecule has 0 saturated carbocycles. The van der Waals surface area contributed by atoms with E-state index < -0.39 is 0 Å². The third-order valence-electron chi connectivity index (χ3n) is 2.25. The first-order valence-electron chi connectivity index (χ1n) is 4.13. The predicted octanol–water partition coefficient (Wildman–Crippen LogP) is 1.63. The van der Waals surface area contributed by atoms with Crippen molar-refractivity contribution in [1.29, 1.82) is 0 Å². The molecule has 2 heteroatoms. The van der Waals surface area contributed by atoms with Gasteiger partial charge in [0.2, 0.25) is 0 Å². The summed E-state index contributed by atoms with van der Waals surface area (Å²) in [5, 5.41) is 0. The Kier molecular flexibility index (Phi) is 2.94. The van der Waals surface area contributed by atoms with Crippen molar-refractivity contribution in [2.45, 2.75) is 25.4 Å². The fourth-order valence-electron chi connectivity index (χ4n) is 1.42. The van der Waals surface area contributed by atoms with Crippen LogP contribution < -0.4 is 0 Å². The van der Waals surface area contributed by atoms with Crippen LogP contribution in [-0.2, 0) is 4.74 Å². The summed E-state index contributed by atoms with van der Waals surface area (Å²) in [4.78, 5) is 2.19. The quantitative estimate of drug-likeness (QED) is 0.601. The Balaban J connectivity index is 2.44. The van der Waals surface area contributed by atoms with Gasteiger partial charge < -0.3 is 9.64 Å². The van der Waals surface area contributed by atoms with Crippen LogP contribution >= 0.6 is 0 Å². The van der Waals surface area contributed by atoms with Gasteiger partial charge in [-0.1, -0.05) is 6.08 Å². The van der Waals surface area contributed by atoms with Crippen molar-refractivity contribution in [3.05, 3.63) is 11.8 Å². The van der Waals surface area contributed by atoms with E-state index >= 15 is 0 Å². The molecule has 0 fully saturated rings. The van der Waals surface area contributed by atoms with Crippen LogP contribution in [0.15, 0.2) is 11.8 Å². The third kappa shape index (κ3) is 2.22. The normalized spacial score (nSPS) is 24.6. The molecule has 0 amide bonds. The molecule has 0 N–H and O–H groups in total. The van der Waals surface area contributed by atoms with Crippen LogP contribution in [-0.4, -0.2) is 32.2 Å². The summed E-state index contributed by atoms with van der Waals surface area (Å²) >= 11 is 0. The number of allylic oxidation sites excluding steroid dienone is 1. The Bertz CT molecular complexity index is 152. The van der Waals surface area contributed by atoms with Crippen molar-refractivity contribution >= 4 is 0 Å². The third-order valence-corrected chi connectivity index (χ3v) is 2.25. The molecule has 1 aliphatic rings. The van der Waals surface area contributed by atoms with Crippen LogP contribution in [0.5, 0.6) is 0 Å². The fraction of sp³-hybridized carbons (Fsp3) is 0.778. The standard InChI is InChI=1S/C9H17NO/c1-10(2)8-4-6-9(11-3)7-5-8/h4,9H,5-7H2,1-3H3. The number of methoxy groups -OCH3 is 1. The van der Waals surface area contributed by atoms with Gasteiger partial charge in [0.15, 0.2) is 0 Å². The van der Waals surface area contributed by atoms with E-state index in [0.717, 1.165) is 12.8 Å². The minimum atomic E-state index is 0.457. The molecule has 0 saturated heterocycles. The average Bonchev–Trinajstić information content (AvgIpc) is 2.05. The highest BCUT2D eigenvalue weighted by Gasteiger charge is 2.13. The van der Waals surface area contributed by atoms with Crippen LogP contribution in [0.1, 0.15) is 19.3 Å². The Labute approximate surface area is 68.8 Å². The molecule has 0 aromatic rings. The van der Waals surface area contributed by atoms with Crippen LogP contribution in [0, 0.1) is 0 Å². The zero-order valence-electron chi connectivity index (χ0n) is 7.63. The van der Waals surface area contributed by atoms with Gasteiger partial charge >= 0.3 is 0 Å². The summed E-state index contributed by atoms with van der Waals surface area (Å²) in [7, 11) is 5.98. The molecule has 2 nitrogen and oxygen atoms in total. The van der Waals surface area contributed by atoms with Crippen LogP contribution in [0.25, 0.3) is 0 Å². The van der Waals surface area contributed by atoms with Crippen molar-refractivity contribution in [3.8, 4) is 0 Å². The van der Waals surface area contributed by atoms with E-state index in [9.17, 15) is 0 Å². The first-order valence-corrected chi connectivity index (χ1v) is 4.13. The molecule has 1 unspecified atom stereocenters. The molecule has 0 spiro atoms. The van der Waals surface area contributed by atoms with Crippen LogP contribution in [0.2, 0.25) is 0 Å². The van der Waals surface area contributed by atoms with Gasteiger partial charge in [0.05, 0.1) is 6.10 Å². The second-order valence-corrected chi connectivity index (χ2v) is 3.22. The molecular formula is C9H17NO. The first kappa shape index (κ1) is 8.60. The Morgan fingerprint density at radius 1 is 1.55 bits per heavy atom. The molecule has 0 radical (unpaired) electrons. The first-order chi connectivity index (χ1) is 5.24. The summed E-state index contributed by atoms with van der Waals surface area (Å²) in [6, 6.07) is 0. The molecule has 0 aromatic carbocycles. The molecule has 0 heterocycles. The molecule has 1 atom stereocenters. The zero-order chi connectivity index (χ0) is 8.27. The van der Waals surface area contributed by atoms with Gasteiger partial charge in [0.25, 0.3) is 0 Å². The van der Waals surface area contributed by atoms with Crippen molar-refractivity contribution < 1.29 is 4.74 Å². The molecule has 64 valence electrons. The van der Waals surface area contributed by atoms with E-state index in [-0.39, 0.29) is 0 Å². The van der Waals surface area contributed by atoms with Gasteiger partial charge in [0.1, 0.15) is 0 Å². The van der Waals surface area contributed by atoms with Gasteiger partial charge in [-0.05, 0) is 19.3 Å². The minimum absolute atomic E-state index is 0.457. The van der Waals surface area contributed by atoms with E-state index in [0.29, 0.717) is 6.10 Å². The predicted molar refractivity (Wildman–Crippen MR) is 46.4 cm³/mol. The summed E-state index contributed by atoms with van der Waals surface area (Å²) in [5.41, 5.74) is 1.44. The van der Waals surface area contributed by atoms with E-state index in [1.54, 1.807) is 7.11 Å². The topological polar surface area (TPSA) is 12.5 Å². The number of ether oxygens (including phenoxy) is 1. The monoisotopic (exact) mass is 155 g/mol. The summed E-state index contributed by atoms with van der Waals surface area (Å²) in [5.74, 6) is 0. The van der Waals surface area contributed by atoms with Crippen LogP contribution in [0.4, 0.5) is 0 Å². The van der Waals surface area contributed by atoms with E-state index in [1.165, 1.54) is 12.1 Å². The Morgan fingerprint density at radius 2 is 2.27 bits per heavy atom. The lowest BCUT2D eigenvalue weighted by Crippen LogP contribution is -2.20. The van der Waals surface area contributed by atoms with Gasteiger partial charge in [-0.15, -0.1) is 0 Å². The van der Waals surface area contributed by atoms with Crippen molar-refractivity contribution in [2.75, 3.05) is 21.2 Å². The molecule has 0 aliphatic heterocycles. The number of hydrogen-bond acceptors (Lipinski definition) is 2. The van der Waals surface area contributed by atoms with E-state index in [4.69, 9.17) is 4.74 Å².